The Labute approximate surface area is 179 Å². The van der Waals surface area contributed by atoms with Gasteiger partial charge in [0.05, 0.1) is 5.69 Å². The lowest BCUT2D eigenvalue weighted by Crippen LogP contribution is -2.52. The van der Waals surface area contributed by atoms with Crippen LogP contribution >= 0.6 is 24.0 Å². The van der Waals surface area contributed by atoms with Gasteiger partial charge < -0.3 is 15.1 Å². The van der Waals surface area contributed by atoms with Crippen molar-refractivity contribution in [3.63, 3.8) is 0 Å². The summed E-state index contributed by atoms with van der Waals surface area (Å²) in [6, 6.07) is 8.74. The lowest BCUT2D eigenvalue weighted by molar-refractivity contribution is 0.372. The third kappa shape index (κ3) is 4.94. The molecule has 1 fully saturated rings. The molecule has 1 aliphatic heterocycles. The summed E-state index contributed by atoms with van der Waals surface area (Å²) < 4.78 is 1.94. The average molecular weight is 482 g/mol. The molecule has 0 aliphatic carbocycles. The van der Waals surface area contributed by atoms with E-state index in [0.29, 0.717) is 0 Å². The second kappa shape index (κ2) is 9.43. The molecule has 1 aromatic heterocycles. The molecule has 2 heterocycles. The molecule has 0 unspecified atom stereocenters. The van der Waals surface area contributed by atoms with Gasteiger partial charge in [-0.25, -0.2) is 0 Å². The Hall–Kier alpha value is -1.77. The van der Waals surface area contributed by atoms with Crippen molar-refractivity contribution in [2.75, 3.05) is 38.1 Å². The van der Waals surface area contributed by atoms with E-state index in [1.165, 1.54) is 22.5 Å². The maximum Gasteiger partial charge on any atom is 0.194 e. The topological polar surface area (TPSA) is 48.7 Å². The maximum absolute atomic E-state index is 4.49. The van der Waals surface area contributed by atoms with Gasteiger partial charge in [0.1, 0.15) is 0 Å². The van der Waals surface area contributed by atoms with Crippen LogP contribution in [0.15, 0.2) is 29.3 Å². The molecule has 0 saturated carbocycles. The van der Waals surface area contributed by atoms with Gasteiger partial charge in [-0.15, -0.1) is 24.0 Å². The van der Waals surface area contributed by atoms with Crippen molar-refractivity contribution in [2.24, 2.45) is 12.0 Å². The zero-order valence-electron chi connectivity index (χ0n) is 17.0. The summed E-state index contributed by atoms with van der Waals surface area (Å²) in [4.78, 5) is 9.28. The van der Waals surface area contributed by atoms with E-state index in [0.717, 1.165) is 44.4 Å². The number of benzene rings is 1. The van der Waals surface area contributed by atoms with Crippen molar-refractivity contribution >= 4 is 35.6 Å². The number of hydrogen-bond acceptors (Lipinski definition) is 3. The number of rotatable bonds is 3. The van der Waals surface area contributed by atoms with Gasteiger partial charge in [-0.3, -0.25) is 9.67 Å². The lowest BCUT2D eigenvalue weighted by atomic mass is 10.2. The minimum Gasteiger partial charge on any atom is -0.368 e. The van der Waals surface area contributed by atoms with Gasteiger partial charge >= 0.3 is 0 Å². The maximum atomic E-state index is 4.49. The highest BCUT2D eigenvalue weighted by Gasteiger charge is 2.20. The number of aromatic nitrogens is 2. The summed E-state index contributed by atoms with van der Waals surface area (Å²) >= 11 is 0. The van der Waals surface area contributed by atoms with E-state index in [4.69, 9.17) is 0 Å². The Morgan fingerprint density at radius 2 is 1.85 bits per heavy atom. The number of piperazine rings is 1. The van der Waals surface area contributed by atoms with Crippen molar-refractivity contribution in [1.29, 1.82) is 0 Å². The van der Waals surface area contributed by atoms with Gasteiger partial charge in [-0.1, -0.05) is 12.1 Å². The molecule has 1 N–H and O–H groups in total. The van der Waals surface area contributed by atoms with E-state index in [9.17, 15) is 0 Å². The Balaban J connectivity index is 0.00000261. The van der Waals surface area contributed by atoms with Crippen LogP contribution in [0.3, 0.4) is 0 Å². The molecular formula is C20H31IN6. The fourth-order valence-electron chi connectivity index (χ4n) is 3.57. The summed E-state index contributed by atoms with van der Waals surface area (Å²) in [7, 11) is 3.85. The Kier molecular flexibility index (Phi) is 7.52. The smallest absolute Gasteiger partial charge is 0.194 e. The Bertz CT molecular complexity index is 790. The molecule has 6 nitrogen and oxygen atoms in total. The van der Waals surface area contributed by atoms with Crippen LogP contribution in [0.1, 0.15) is 22.5 Å². The van der Waals surface area contributed by atoms with Crippen LogP contribution < -0.4 is 10.2 Å². The van der Waals surface area contributed by atoms with Crippen LogP contribution in [0.2, 0.25) is 0 Å². The first-order valence-corrected chi connectivity index (χ1v) is 9.26. The third-order valence-electron chi connectivity index (χ3n) is 5.24. The molecule has 0 amide bonds. The van der Waals surface area contributed by atoms with Gasteiger partial charge in [-0.05, 0) is 38.5 Å². The Morgan fingerprint density at radius 1 is 1.15 bits per heavy atom. The highest BCUT2D eigenvalue weighted by atomic mass is 127. The van der Waals surface area contributed by atoms with Crippen LogP contribution in [0.5, 0.6) is 0 Å². The lowest BCUT2D eigenvalue weighted by Gasteiger charge is -2.37. The minimum atomic E-state index is 0. The predicted octanol–water partition coefficient (Wildman–Crippen LogP) is 2.86. The van der Waals surface area contributed by atoms with Gasteiger partial charge in [0, 0.05) is 63.8 Å². The van der Waals surface area contributed by atoms with E-state index in [2.05, 4.69) is 70.2 Å². The minimum absolute atomic E-state index is 0. The Morgan fingerprint density at radius 3 is 2.41 bits per heavy atom. The molecule has 0 spiro atoms. The molecule has 27 heavy (non-hydrogen) atoms. The van der Waals surface area contributed by atoms with Gasteiger partial charge in [0.2, 0.25) is 0 Å². The quantitative estimate of drug-likeness (QED) is 0.416. The fourth-order valence-corrected chi connectivity index (χ4v) is 3.57. The number of guanidine groups is 1. The summed E-state index contributed by atoms with van der Waals surface area (Å²) in [6.07, 6.45) is 0. The van der Waals surface area contributed by atoms with Crippen molar-refractivity contribution in [3.05, 3.63) is 46.8 Å². The molecule has 2 aromatic rings. The van der Waals surface area contributed by atoms with Crippen molar-refractivity contribution in [2.45, 2.75) is 27.3 Å². The summed E-state index contributed by atoms with van der Waals surface area (Å²) in [5.41, 5.74) is 6.16. The molecule has 7 heteroatoms. The standard InChI is InChI=1S/C20H30N6.HI/c1-15-7-6-8-18(13-15)25-9-11-26(12-10-25)20(21-4)22-14-19-16(2)23-24(5)17(19)3;/h6-8,13H,9-12,14H2,1-5H3,(H,21,22);1H. The molecule has 148 valence electrons. The van der Waals surface area contributed by atoms with Crippen molar-refractivity contribution in [3.8, 4) is 0 Å². The molecule has 3 rings (SSSR count). The number of nitrogens with one attached hydrogen (secondary N) is 1. The highest BCUT2D eigenvalue weighted by molar-refractivity contribution is 14.0. The van der Waals surface area contributed by atoms with Crippen molar-refractivity contribution < 1.29 is 0 Å². The summed E-state index contributed by atoms with van der Waals surface area (Å²) in [5.74, 6) is 0.969. The SMILES string of the molecule is CN=C(NCc1c(C)nn(C)c1C)N1CCN(c2cccc(C)c2)CC1.I. The molecule has 1 aromatic carbocycles. The molecule has 0 radical (unpaired) electrons. The zero-order chi connectivity index (χ0) is 18.7. The first-order chi connectivity index (χ1) is 12.5. The molecule has 0 bridgehead atoms. The molecule has 1 saturated heterocycles. The van der Waals surface area contributed by atoms with Crippen molar-refractivity contribution in [1.82, 2.24) is 20.0 Å². The molecule has 0 atom stereocenters. The van der Waals surface area contributed by atoms with Crippen LogP contribution in [-0.4, -0.2) is 53.9 Å². The van der Waals surface area contributed by atoms with E-state index in [1.54, 1.807) is 0 Å². The summed E-state index contributed by atoms with van der Waals surface area (Å²) in [6.45, 7) is 11.0. The largest absolute Gasteiger partial charge is 0.368 e. The first kappa shape index (κ1) is 21.5. The van der Waals surface area contributed by atoms with Crippen LogP contribution in [-0.2, 0) is 13.6 Å². The number of anilines is 1. The van der Waals surface area contributed by atoms with E-state index >= 15 is 0 Å². The number of nitrogens with zero attached hydrogens (tertiary/aromatic N) is 5. The van der Waals surface area contributed by atoms with Crippen LogP contribution in [0.4, 0.5) is 5.69 Å². The number of aryl methyl sites for hydroxylation is 3. The predicted molar refractivity (Wildman–Crippen MR) is 123 cm³/mol. The van der Waals surface area contributed by atoms with Gasteiger partial charge in [-0.2, -0.15) is 5.10 Å². The highest BCUT2D eigenvalue weighted by Crippen LogP contribution is 2.18. The second-order valence-electron chi connectivity index (χ2n) is 6.99. The number of halogens is 1. The van der Waals surface area contributed by atoms with Gasteiger partial charge in [0.25, 0.3) is 0 Å². The van der Waals surface area contributed by atoms with Crippen LogP contribution in [0.25, 0.3) is 0 Å². The molecular weight excluding hydrogens is 451 g/mol. The first-order valence-electron chi connectivity index (χ1n) is 9.26. The molecule has 1 aliphatic rings. The van der Waals surface area contributed by atoms with E-state index in [-0.39, 0.29) is 24.0 Å². The van der Waals surface area contributed by atoms with Crippen LogP contribution in [0, 0.1) is 20.8 Å². The van der Waals surface area contributed by atoms with Gasteiger partial charge in [0.15, 0.2) is 5.96 Å². The monoisotopic (exact) mass is 482 g/mol. The normalized spacial score (nSPS) is 14.9. The number of aliphatic imine (C=N–C) groups is 1. The summed E-state index contributed by atoms with van der Waals surface area (Å²) in [5, 5.41) is 8.01. The second-order valence-corrected chi connectivity index (χ2v) is 6.99. The van der Waals surface area contributed by atoms with E-state index in [1.807, 2.05) is 18.8 Å². The third-order valence-corrected chi connectivity index (χ3v) is 5.24. The average Bonchev–Trinajstić information content (AvgIpc) is 2.88. The zero-order valence-corrected chi connectivity index (χ0v) is 19.3. The number of hydrogen-bond donors (Lipinski definition) is 1. The fraction of sp³-hybridized carbons (Fsp3) is 0.500. The van der Waals surface area contributed by atoms with E-state index < -0.39 is 0 Å².